The van der Waals surface area contributed by atoms with E-state index in [0.29, 0.717) is 0 Å². The van der Waals surface area contributed by atoms with Crippen molar-refractivity contribution in [1.29, 1.82) is 0 Å². The fourth-order valence-electron chi connectivity index (χ4n) is 0.983. The number of hydrogen-bond acceptors (Lipinski definition) is 3. The molecule has 0 saturated carbocycles. The fourth-order valence-corrected chi connectivity index (χ4v) is 0.983. The molecule has 0 aromatic carbocycles. The van der Waals surface area contributed by atoms with Crippen molar-refractivity contribution in [3.8, 4) is 0 Å². The van der Waals surface area contributed by atoms with Crippen LogP contribution in [-0.4, -0.2) is 35.1 Å². The quantitative estimate of drug-likeness (QED) is 0.540. The summed E-state index contributed by atoms with van der Waals surface area (Å²) in [4.78, 5) is 0. The third-order valence-corrected chi connectivity index (χ3v) is 1.82. The molecular formula is C7H14O3. The molecule has 1 aliphatic rings. The molecule has 1 saturated heterocycles. The van der Waals surface area contributed by atoms with Gasteiger partial charge in [0.2, 0.25) is 0 Å². The van der Waals surface area contributed by atoms with Gasteiger partial charge < -0.3 is 14.9 Å². The van der Waals surface area contributed by atoms with E-state index in [9.17, 15) is 5.11 Å². The topological polar surface area (TPSA) is 53.0 Å². The fraction of sp³-hybridized carbons (Fsp3) is 1.00. The minimum absolute atomic E-state index is 0.0223. The first-order chi connectivity index (χ1) is 4.66. The van der Waals surface area contributed by atoms with Crippen LogP contribution in [0.4, 0.5) is 0 Å². The van der Waals surface area contributed by atoms with E-state index in [0.717, 1.165) is 0 Å². The summed E-state index contributed by atoms with van der Waals surface area (Å²) >= 11 is 0. The summed E-state index contributed by atoms with van der Waals surface area (Å²) in [5.74, 6) is 0.210. The second kappa shape index (κ2) is 2.86. The Morgan fingerprint density at radius 1 is 1.50 bits per heavy atom. The van der Waals surface area contributed by atoms with Crippen LogP contribution in [0.2, 0.25) is 0 Å². The normalized spacial score (nSPS) is 34.5. The van der Waals surface area contributed by atoms with E-state index >= 15 is 0 Å². The lowest BCUT2D eigenvalue weighted by Crippen LogP contribution is -2.23. The Morgan fingerprint density at radius 2 is 2.10 bits per heavy atom. The summed E-state index contributed by atoms with van der Waals surface area (Å²) in [5, 5.41) is 17.9. The number of aliphatic hydroxyl groups excluding tert-OH is 2. The molecule has 0 aromatic heterocycles. The molecular weight excluding hydrogens is 132 g/mol. The largest absolute Gasteiger partial charge is 0.394 e. The molecule has 10 heavy (non-hydrogen) atoms. The van der Waals surface area contributed by atoms with Crippen molar-refractivity contribution in [3.05, 3.63) is 0 Å². The van der Waals surface area contributed by atoms with E-state index in [-0.39, 0.29) is 24.7 Å². The molecule has 3 unspecified atom stereocenters. The first-order valence-corrected chi connectivity index (χ1v) is 3.61. The molecule has 0 bridgehead atoms. The standard InChI is InChI=1S/C7H14O3/c1-4(2)6(9)7-5(3-8)10-7/h4-9H,3H2,1-2H3. The predicted molar refractivity (Wildman–Crippen MR) is 36.6 cm³/mol. The number of epoxide rings is 1. The highest BCUT2D eigenvalue weighted by molar-refractivity contribution is 4.91. The maximum atomic E-state index is 9.33. The molecule has 3 nitrogen and oxygen atoms in total. The summed E-state index contributed by atoms with van der Waals surface area (Å²) in [6.07, 6.45) is -0.653. The Labute approximate surface area is 60.6 Å². The minimum Gasteiger partial charge on any atom is -0.394 e. The molecule has 1 fully saturated rings. The van der Waals surface area contributed by atoms with Crippen molar-refractivity contribution in [2.45, 2.75) is 32.2 Å². The summed E-state index contributed by atoms with van der Waals surface area (Å²) in [6, 6.07) is 0. The zero-order valence-electron chi connectivity index (χ0n) is 6.32. The molecule has 2 N–H and O–H groups in total. The summed E-state index contributed by atoms with van der Waals surface area (Å²) in [7, 11) is 0. The molecule has 0 amide bonds. The Balaban J connectivity index is 2.25. The van der Waals surface area contributed by atoms with Crippen LogP contribution in [0.5, 0.6) is 0 Å². The van der Waals surface area contributed by atoms with E-state index in [4.69, 9.17) is 9.84 Å². The van der Waals surface area contributed by atoms with Gasteiger partial charge in [0.15, 0.2) is 0 Å². The highest BCUT2D eigenvalue weighted by Gasteiger charge is 2.44. The van der Waals surface area contributed by atoms with Crippen molar-refractivity contribution in [2.75, 3.05) is 6.61 Å². The smallest absolute Gasteiger partial charge is 0.113 e. The van der Waals surface area contributed by atoms with Crippen LogP contribution < -0.4 is 0 Å². The van der Waals surface area contributed by atoms with Gasteiger partial charge in [-0.1, -0.05) is 13.8 Å². The van der Waals surface area contributed by atoms with Gasteiger partial charge in [0.05, 0.1) is 12.7 Å². The lowest BCUT2D eigenvalue weighted by Gasteiger charge is -2.10. The molecule has 0 radical (unpaired) electrons. The van der Waals surface area contributed by atoms with Crippen LogP contribution in [0.15, 0.2) is 0 Å². The van der Waals surface area contributed by atoms with Crippen molar-refractivity contribution >= 4 is 0 Å². The van der Waals surface area contributed by atoms with E-state index < -0.39 is 6.10 Å². The van der Waals surface area contributed by atoms with Gasteiger partial charge >= 0.3 is 0 Å². The van der Waals surface area contributed by atoms with Crippen LogP contribution in [0.1, 0.15) is 13.8 Å². The maximum absolute atomic E-state index is 9.33. The zero-order valence-corrected chi connectivity index (χ0v) is 6.32. The second-order valence-electron chi connectivity index (χ2n) is 3.06. The van der Waals surface area contributed by atoms with Crippen LogP contribution in [0.25, 0.3) is 0 Å². The molecule has 1 aliphatic heterocycles. The van der Waals surface area contributed by atoms with Crippen LogP contribution in [-0.2, 0) is 4.74 Å². The van der Waals surface area contributed by atoms with E-state index in [1.54, 1.807) is 0 Å². The summed E-state index contributed by atoms with van der Waals surface area (Å²) in [5.41, 5.74) is 0. The first-order valence-electron chi connectivity index (χ1n) is 3.61. The first kappa shape index (κ1) is 7.98. The Kier molecular flexibility index (Phi) is 2.28. The number of aliphatic hydroxyl groups is 2. The number of ether oxygens (including phenoxy) is 1. The van der Waals surface area contributed by atoms with Gasteiger partial charge in [-0.25, -0.2) is 0 Å². The van der Waals surface area contributed by atoms with Crippen molar-refractivity contribution in [1.82, 2.24) is 0 Å². The van der Waals surface area contributed by atoms with E-state index in [1.807, 2.05) is 13.8 Å². The van der Waals surface area contributed by atoms with Gasteiger partial charge in [-0.15, -0.1) is 0 Å². The van der Waals surface area contributed by atoms with E-state index in [1.165, 1.54) is 0 Å². The molecule has 0 spiro atoms. The summed E-state index contributed by atoms with van der Waals surface area (Å²) in [6.45, 7) is 3.88. The Morgan fingerprint density at radius 3 is 2.40 bits per heavy atom. The van der Waals surface area contributed by atoms with Gasteiger partial charge in [0, 0.05) is 0 Å². The van der Waals surface area contributed by atoms with Crippen molar-refractivity contribution < 1.29 is 14.9 Å². The van der Waals surface area contributed by atoms with Gasteiger partial charge in [0.1, 0.15) is 12.2 Å². The van der Waals surface area contributed by atoms with Gasteiger partial charge in [0.25, 0.3) is 0 Å². The Hall–Kier alpha value is -0.120. The highest BCUT2D eigenvalue weighted by Crippen LogP contribution is 2.28. The van der Waals surface area contributed by atoms with Crippen LogP contribution in [0.3, 0.4) is 0 Å². The van der Waals surface area contributed by atoms with Crippen molar-refractivity contribution in [3.63, 3.8) is 0 Å². The average Bonchev–Trinajstić information content (AvgIpc) is 2.64. The molecule has 0 aliphatic carbocycles. The number of rotatable bonds is 3. The molecule has 60 valence electrons. The Bertz CT molecular complexity index is 113. The van der Waals surface area contributed by atoms with Gasteiger partial charge in [-0.2, -0.15) is 0 Å². The maximum Gasteiger partial charge on any atom is 0.113 e. The predicted octanol–water partition coefficient (Wildman–Crippen LogP) is -0.237. The van der Waals surface area contributed by atoms with Crippen LogP contribution >= 0.6 is 0 Å². The highest BCUT2D eigenvalue weighted by atomic mass is 16.6. The zero-order chi connectivity index (χ0) is 7.72. The molecule has 1 rings (SSSR count). The summed E-state index contributed by atoms with van der Waals surface area (Å²) < 4.78 is 4.99. The van der Waals surface area contributed by atoms with Crippen LogP contribution in [0, 0.1) is 5.92 Å². The minimum atomic E-state index is -0.419. The monoisotopic (exact) mass is 146 g/mol. The number of hydrogen-bond donors (Lipinski definition) is 2. The SMILES string of the molecule is CC(C)C(O)C1OC1CO. The van der Waals surface area contributed by atoms with Gasteiger partial charge in [-0.05, 0) is 5.92 Å². The second-order valence-corrected chi connectivity index (χ2v) is 3.06. The van der Waals surface area contributed by atoms with E-state index in [2.05, 4.69) is 0 Å². The molecule has 0 aromatic rings. The third-order valence-electron chi connectivity index (χ3n) is 1.82. The van der Waals surface area contributed by atoms with Gasteiger partial charge in [-0.3, -0.25) is 0 Å². The molecule has 3 heteroatoms. The lowest BCUT2D eigenvalue weighted by molar-refractivity contribution is 0.0922. The average molecular weight is 146 g/mol. The van der Waals surface area contributed by atoms with Crippen molar-refractivity contribution in [2.24, 2.45) is 5.92 Å². The molecule has 1 heterocycles. The third kappa shape index (κ3) is 1.48. The molecule has 3 atom stereocenters. The lowest BCUT2D eigenvalue weighted by atomic mass is 10.0.